The number of nitrogens with zero attached hydrogens (tertiary/aromatic N) is 1. The number of benzene rings is 1. The molecular weight excluding hydrogens is 340 g/mol. The third-order valence-corrected chi connectivity index (χ3v) is 5.44. The lowest BCUT2D eigenvalue weighted by Crippen LogP contribution is -2.54. The van der Waals surface area contributed by atoms with E-state index in [1.54, 1.807) is 12.1 Å². The van der Waals surface area contributed by atoms with Crippen molar-refractivity contribution in [2.75, 3.05) is 0 Å². The monoisotopic (exact) mass is 358 g/mol. The first kappa shape index (κ1) is 16.3. The lowest BCUT2D eigenvalue weighted by Gasteiger charge is -2.41. The lowest BCUT2D eigenvalue weighted by molar-refractivity contribution is -0.139. The topological polar surface area (TPSA) is 79.3 Å². The molecule has 2 fully saturated rings. The van der Waals surface area contributed by atoms with Gasteiger partial charge in [-0.1, -0.05) is 11.6 Å². The number of halogens is 1. The van der Waals surface area contributed by atoms with Crippen LogP contribution >= 0.6 is 11.6 Å². The number of carboxylic acids is 1. The van der Waals surface area contributed by atoms with Crippen molar-refractivity contribution < 1.29 is 14.7 Å². The van der Waals surface area contributed by atoms with Crippen LogP contribution in [-0.4, -0.2) is 27.5 Å². The van der Waals surface area contributed by atoms with Crippen LogP contribution < -0.4 is 5.32 Å². The van der Waals surface area contributed by atoms with Gasteiger partial charge in [0.1, 0.15) is 0 Å². The molecule has 2 aromatic rings. The normalized spacial score (nSPS) is 18.6. The third kappa shape index (κ3) is 3.21. The van der Waals surface area contributed by atoms with E-state index < -0.39 is 11.5 Å². The number of carboxylic acid groups (broad SMARTS) is 1. The van der Waals surface area contributed by atoms with Gasteiger partial charge in [-0.2, -0.15) is 0 Å². The van der Waals surface area contributed by atoms with Crippen molar-refractivity contribution in [3.05, 3.63) is 40.5 Å². The number of pyridine rings is 1. The minimum absolute atomic E-state index is 0.0437. The molecule has 2 aliphatic carbocycles. The molecule has 4 rings (SSSR count). The van der Waals surface area contributed by atoms with Crippen molar-refractivity contribution >= 4 is 34.4 Å². The predicted molar refractivity (Wildman–Crippen MR) is 95.0 cm³/mol. The Balaban J connectivity index is 1.72. The number of hydrogen-bond acceptors (Lipinski definition) is 3. The van der Waals surface area contributed by atoms with Gasteiger partial charge in [0, 0.05) is 22.0 Å². The summed E-state index contributed by atoms with van der Waals surface area (Å²) in [5.74, 6) is -0.706. The van der Waals surface area contributed by atoms with Crippen LogP contribution in [0.4, 0.5) is 0 Å². The van der Waals surface area contributed by atoms with Crippen LogP contribution in [0.25, 0.3) is 10.9 Å². The lowest BCUT2D eigenvalue weighted by atomic mass is 9.74. The Kier molecular flexibility index (Phi) is 3.91. The fourth-order valence-corrected chi connectivity index (χ4v) is 3.71. The summed E-state index contributed by atoms with van der Waals surface area (Å²) in [7, 11) is 0. The van der Waals surface area contributed by atoms with E-state index in [0.29, 0.717) is 34.7 Å². The van der Waals surface area contributed by atoms with E-state index in [-0.39, 0.29) is 12.3 Å². The molecule has 2 aliphatic rings. The molecule has 1 heterocycles. The molecule has 0 spiro atoms. The number of carbonyl (C=O) groups is 2. The molecule has 0 atom stereocenters. The Morgan fingerprint density at radius 3 is 2.64 bits per heavy atom. The highest BCUT2D eigenvalue weighted by atomic mass is 35.5. The van der Waals surface area contributed by atoms with Crippen molar-refractivity contribution in [2.24, 2.45) is 0 Å². The maximum absolute atomic E-state index is 13.0. The van der Waals surface area contributed by atoms with E-state index in [0.717, 1.165) is 30.5 Å². The zero-order valence-electron chi connectivity index (χ0n) is 13.7. The van der Waals surface area contributed by atoms with Gasteiger partial charge in [0.2, 0.25) is 0 Å². The highest BCUT2D eigenvalue weighted by molar-refractivity contribution is 6.31. The number of carbonyl (C=O) groups excluding carboxylic acids is 1. The second-order valence-electron chi connectivity index (χ2n) is 7.19. The van der Waals surface area contributed by atoms with Gasteiger partial charge in [-0.15, -0.1) is 0 Å². The van der Waals surface area contributed by atoms with Gasteiger partial charge in [0.25, 0.3) is 5.91 Å². The molecule has 25 heavy (non-hydrogen) atoms. The van der Waals surface area contributed by atoms with Gasteiger partial charge >= 0.3 is 5.97 Å². The van der Waals surface area contributed by atoms with Crippen molar-refractivity contribution in [1.82, 2.24) is 10.3 Å². The van der Waals surface area contributed by atoms with Crippen molar-refractivity contribution in [2.45, 2.75) is 50.0 Å². The Morgan fingerprint density at radius 2 is 2.04 bits per heavy atom. The Bertz CT molecular complexity index is 872. The first-order chi connectivity index (χ1) is 12.0. The van der Waals surface area contributed by atoms with Gasteiger partial charge in [-0.3, -0.25) is 14.6 Å². The van der Waals surface area contributed by atoms with E-state index in [1.165, 1.54) is 0 Å². The second kappa shape index (κ2) is 5.99. The van der Waals surface area contributed by atoms with Crippen LogP contribution in [-0.2, 0) is 4.79 Å². The summed E-state index contributed by atoms with van der Waals surface area (Å²) in [6, 6.07) is 7.20. The summed E-state index contributed by atoms with van der Waals surface area (Å²) in [5, 5.41) is 13.4. The zero-order valence-corrected chi connectivity index (χ0v) is 14.5. The van der Waals surface area contributed by atoms with Crippen LogP contribution in [0.15, 0.2) is 24.3 Å². The van der Waals surface area contributed by atoms with Crippen molar-refractivity contribution in [3.63, 3.8) is 0 Å². The molecular formula is C19H19ClN2O3. The molecule has 1 amide bonds. The van der Waals surface area contributed by atoms with Gasteiger partial charge < -0.3 is 10.4 Å². The first-order valence-electron chi connectivity index (χ1n) is 8.60. The molecule has 6 heteroatoms. The van der Waals surface area contributed by atoms with E-state index in [1.807, 2.05) is 12.1 Å². The van der Waals surface area contributed by atoms with Crippen molar-refractivity contribution in [3.8, 4) is 0 Å². The summed E-state index contributed by atoms with van der Waals surface area (Å²) in [6.07, 6.45) is 4.47. The molecule has 2 saturated carbocycles. The Morgan fingerprint density at radius 1 is 1.28 bits per heavy atom. The highest BCUT2D eigenvalue weighted by Crippen LogP contribution is 2.41. The van der Waals surface area contributed by atoms with Crippen LogP contribution in [0.2, 0.25) is 5.02 Å². The summed E-state index contributed by atoms with van der Waals surface area (Å²) < 4.78 is 0. The van der Waals surface area contributed by atoms with Crippen LogP contribution in [0.3, 0.4) is 0 Å². The molecule has 1 aromatic heterocycles. The number of nitrogens with one attached hydrogen (secondary N) is 1. The number of rotatable bonds is 5. The second-order valence-corrected chi connectivity index (χ2v) is 7.63. The summed E-state index contributed by atoms with van der Waals surface area (Å²) in [5.41, 5.74) is 1.59. The van der Waals surface area contributed by atoms with Crippen LogP contribution in [0.1, 0.15) is 60.5 Å². The predicted octanol–water partition coefficient (Wildman–Crippen LogP) is 3.89. The Hall–Kier alpha value is -2.14. The molecule has 130 valence electrons. The van der Waals surface area contributed by atoms with Crippen LogP contribution in [0, 0.1) is 0 Å². The first-order valence-corrected chi connectivity index (χ1v) is 8.98. The van der Waals surface area contributed by atoms with Gasteiger partial charge in [0.05, 0.1) is 23.0 Å². The Labute approximate surface area is 150 Å². The van der Waals surface area contributed by atoms with Gasteiger partial charge in [-0.05, 0) is 56.4 Å². The number of aliphatic carboxylic acids is 1. The number of fused-ring (bicyclic) bond motifs is 1. The zero-order chi connectivity index (χ0) is 17.6. The largest absolute Gasteiger partial charge is 0.481 e. The maximum atomic E-state index is 13.0. The molecule has 0 bridgehead atoms. The van der Waals surface area contributed by atoms with Gasteiger partial charge in [0.15, 0.2) is 0 Å². The SMILES string of the molecule is O=C(O)CC1(NC(=O)c2cc(C3CC3)nc3ccc(Cl)cc23)CCC1. The molecule has 0 radical (unpaired) electrons. The smallest absolute Gasteiger partial charge is 0.305 e. The quantitative estimate of drug-likeness (QED) is 0.849. The molecule has 0 saturated heterocycles. The van der Waals surface area contributed by atoms with Crippen LogP contribution in [0.5, 0.6) is 0 Å². The summed E-state index contributed by atoms with van der Waals surface area (Å²) in [4.78, 5) is 28.8. The third-order valence-electron chi connectivity index (χ3n) is 5.21. The summed E-state index contributed by atoms with van der Waals surface area (Å²) in [6.45, 7) is 0. The van der Waals surface area contributed by atoms with Crippen molar-refractivity contribution in [1.29, 1.82) is 0 Å². The average molecular weight is 359 g/mol. The molecule has 2 N–H and O–H groups in total. The minimum Gasteiger partial charge on any atom is -0.481 e. The molecule has 0 aliphatic heterocycles. The highest BCUT2D eigenvalue weighted by Gasteiger charge is 2.41. The number of hydrogen-bond donors (Lipinski definition) is 2. The average Bonchev–Trinajstić information content (AvgIpc) is 3.36. The maximum Gasteiger partial charge on any atom is 0.305 e. The van der Waals surface area contributed by atoms with Gasteiger partial charge in [-0.25, -0.2) is 0 Å². The van der Waals surface area contributed by atoms with E-state index >= 15 is 0 Å². The molecule has 5 nitrogen and oxygen atoms in total. The van der Waals surface area contributed by atoms with E-state index in [4.69, 9.17) is 16.7 Å². The molecule has 1 aromatic carbocycles. The summed E-state index contributed by atoms with van der Waals surface area (Å²) >= 11 is 6.11. The van der Waals surface area contributed by atoms with E-state index in [2.05, 4.69) is 10.3 Å². The standard InChI is InChI=1S/C19H19ClN2O3/c20-12-4-5-15-13(8-12)14(9-16(21-15)11-2-3-11)18(25)22-19(6-1-7-19)10-17(23)24/h4-5,8-9,11H,1-3,6-7,10H2,(H,22,25)(H,23,24). The number of aromatic nitrogens is 1. The fourth-order valence-electron chi connectivity index (χ4n) is 3.54. The molecule has 0 unspecified atom stereocenters. The number of amides is 1. The minimum atomic E-state index is -0.888. The fraction of sp³-hybridized carbons (Fsp3) is 0.421. The van der Waals surface area contributed by atoms with E-state index in [9.17, 15) is 9.59 Å².